The molecule has 1 aromatic carbocycles. The topological polar surface area (TPSA) is 35.2 Å². The van der Waals surface area contributed by atoms with Crippen molar-refractivity contribution in [2.45, 2.75) is 19.4 Å². The number of halogens is 1. The molecule has 0 spiro atoms. The molecule has 0 aliphatic heterocycles. The number of thiophene rings is 1. The van der Waals surface area contributed by atoms with Crippen LogP contribution in [0.4, 0.5) is 0 Å². The summed E-state index contributed by atoms with van der Waals surface area (Å²) in [5.74, 6) is 0.836. The molecule has 1 heterocycles. The molecule has 2 rings (SSSR count). The van der Waals surface area contributed by atoms with Crippen LogP contribution in [0.25, 0.3) is 0 Å². The minimum absolute atomic E-state index is 0.0244. The van der Waals surface area contributed by atoms with Gasteiger partial charge in [0.15, 0.2) is 0 Å². The zero-order valence-corrected chi connectivity index (χ0v) is 12.0. The Balaban J connectivity index is 2.23. The van der Waals surface area contributed by atoms with E-state index in [1.54, 1.807) is 18.4 Å². The van der Waals surface area contributed by atoms with E-state index in [1.165, 1.54) is 11.1 Å². The number of hydrogen-bond acceptors (Lipinski definition) is 3. The summed E-state index contributed by atoms with van der Waals surface area (Å²) >= 11 is 7.70. The van der Waals surface area contributed by atoms with Crippen LogP contribution in [-0.2, 0) is 6.42 Å². The number of methoxy groups -OCH3 is 1. The quantitative estimate of drug-likeness (QED) is 0.921. The average Bonchev–Trinajstić information content (AvgIpc) is 2.76. The molecule has 0 amide bonds. The van der Waals surface area contributed by atoms with Gasteiger partial charge in [0.25, 0.3) is 0 Å². The van der Waals surface area contributed by atoms with Crippen molar-refractivity contribution in [2.75, 3.05) is 7.11 Å². The van der Waals surface area contributed by atoms with E-state index in [9.17, 15) is 0 Å². The van der Waals surface area contributed by atoms with Crippen molar-refractivity contribution in [1.82, 2.24) is 0 Å². The third-order valence-electron chi connectivity index (χ3n) is 2.98. The summed E-state index contributed by atoms with van der Waals surface area (Å²) in [6.07, 6.45) is 0.724. The van der Waals surface area contributed by atoms with Crippen molar-refractivity contribution in [3.8, 4) is 5.75 Å². The van der Waals surface area contributed by atoms with Crippen molar-refractivity contribution in [1.29, 1.82) is 0 Å². The third kappa shape index (κ3) is 2.86. The fourth-order valence-corrected chi connectivity index (χ4v) is 3.11. The van der Waals surface area contributed by atoms with Gasteiger partial charge in [0, 0.05) is 11.1 Å². The highest BCUT2D eigenvalue weighted by Gasteiger charge is 2.13. The van der Waals surface area contributed by atoms with Crippen LogP contribution in [0.2, 0.25) is 5.02 Å². The molecule has 18 heavy (non-hydrogen) atoms. The number of aryl methyl sites for hydroxylation is 1. The molecule has 0 aliphatic carbocycles. The van der Waals surface area contributed by atoms with E-state index in [2.05, 4.69) is 17.7 Å². The van der Waals surface area contributed by atoms with E-state index < -0.39 is 0 Å². The second-order valence-corrected chi connectivity index (χ2v) is 5.46. The summed E-state index contributed by atoms with van der Waals surface area (Å²) in [5, 5.41) is 4.93. The molecule has 96 valence electrons. The number of benzene rings is 1. The van der Waals surface area contributed by atoms with Crippen LogP contribution in [0.3, 0.4) is 0 Å². The fourth-order valence-electron chi connectivity index (χ4n) is 2.00. The number of rotatable bonds is 4. The lowest BCUT2D eigenvalue weighted by atomic mass is 9.99. The first-order chi connectivity index (χ1) is 8.61. The maximum absolute atomic E-state index is 6.25. The molecule has 0 saturated heterocycles. The van der Waals surface area contributed by atoms with Crippen LogP contribution in [0.15, 0.2) is 29.0 Å². The van der Waals surface area contributed by atoms with Gasteiger partial charge in [-0.1, -0.05) is 11.6 Å². The molecule has 0 aliphatic rings. The van der Waals surface area contributed by atoms with Crippen LogP contribution in [-0.4, -0.2) is 7.11 Å². The molecule has 1 atom stereocenters. The molecule has 4 heteroatoms. The monoisotopic (exact) mass is 281 g/mol. The van der Waals surface area contributed by atoms with Gasteiger partial charge < -0.3 is 10.5 Å². The number of nitrogens with two attached hydrogens (primary N) is 1. The van der Waals surface area contributed by atoms with E-state index in [-0.39, 0.29) is 6.04 Å². The molecule has 0 bridgehead atoms. The third-order valence-corrected chi connectivity index (χ3v) is 4.09. The smallest absolute Gasteiger partial charge is 0.122 e. The Morgan fingerprint density at radius 3 is 2.78 bits per heavy atom. The van der Waals surface area contributed by atoms with E-state index in [0.717, 1.165) is 17.7 Å². The summed E-state index contributed by atoms with van der Waals surface area (Å²) in [5.41, 5.74) is 9.74. The molecule has 2 N–H and O–H groups in total. The van der Waals surface area contributed by atoms with Gasteiger partial charge >= 0.3 is 0 Å². The molecule has 0 radical (unpaired) electrons. The normalized spacial score (nSPS) is 12.4. The van der Waals surface area contributed by atoms with Crippen LogP contribution in [0.5, 0.6) is 5.75 Å². The molecular formula is C14H16ClNOS. The van der Waals surface area contributed by atoms with Crippen molar-refractivity contribution < 1.29 is 4.74 Å². The first-order valence-corrected chi connectivity index (χ1v) is 7.04. The summed E-state index contributed by atoms with van der Waals surface area (Å²) in [6.45, 7) is 2.08. The lowest BCUT2D eigenvalue weighted by molar-refractivity contribution is 0.408. The van der Waals surface area contributed by atoms with E-state index in [0.29, 0.717) is 5.02 Å². The summed E-state index contributed by atoms with van der Waals surface area (Å²) in [7, 11) is 1.66. The van der Waals surface area contributed by atoms with Crippen molar-refractivity contribution in [3.05, 3.63) is 50.7 Å². The Kier molecular flexibility index (Phi) is 4.27. The molecule has 2 nitrogen and oxygen atoms in total. The largest absolute Gasteiger partial charge is 0.496 e. The van der Waals surface area contributed by atoms with Gasteiger partial charge in [-0.15, -0.1) is 0 Å². The lowest BCUT2D eigenvalue weighted by Crippen LogP contribution is -2.14. The second-order valence-electron chi connectivity index (χ2n) is 4.28. The van der Waals surface area contributed by atoms with E-state index in [4.69, 9.17) is 22.1 Å². The van der Waals surface area contributed by atoms with Crippen LogP contribution >= 0.6 is 22.9 Å². The molecule has 1 unspecified atom stereocenters. The summed E-state index contributed by atoms with van der Waals surface area (Å²) < 4.78 is 5.34. The van der Waals surface area contributed by atoms with Crippen molar-refractivity contribution in [3.63, 3.8) is 0 Å². The zero-order chi connectivity index (χ0) is 13.1. The molecular weight excluding hydrogens is 266 g/mol. The van der Waals surface area contributed by atoms with Crippen LogP contribution < -0.4 is 10.5 Å². The Morgan fingerprint density at radius 1 is 1.39 bits per heavy atom. The minimum atomic E-state index is -0.0244. The number of hydrogen-bond donors (Lipinski definition) is 1. The SMILES string of the molecule is COc1ccc(Cl)cc1CC(N)c1cscc1C. The molecule has 2 aromatic rings. The standard InChI is InChI=1S/C14H16ClNOS/c1-9-7-18-8-12(9)13(16)6-10-5-11(15)3-4-14(10)17-2/h3-5,7-8,13H,6,16H2,1-2H3. The van der Waals surface area contributed by atoms with Gasteiger partial charge in [0.1, 0.15) is 5.75 Å². The Labute approximate surface area is 116 Å². The fraction of sp³-hybridized carbons (Fsp3) is 0.286. The average molecular weight is 282 g/mol. The minimum Gasteiger partial charge on any atom is -0.496 e. The predicted octanol–water partition coefficient (Wildman–Crippen LogP) is 3.96. The molecule has 0 fully saturated rings. The summed E-state index contributed by atoms with van der Waals surface area (Å²) in [4.78, 5) is 0. The first-order valence-electron chi connectivity index (χ1n) is 5.72. The Bertz CT molecular complexity index is 538. The summed E-state index contributed by atoms with van der Waals surface area (Å²) in [6, 6.07) is 5.60. The van der Waals surface area contributed by atoms with Gasteiger partial charge in [-0.25, -0.2) is 0 Å². The maximum atomic E-state index is 6.25. The van der Waals surface area contributed by atoms with Crippen LogP contribution in [0.1, 0.15) is 22.7 Å². The first kappa shape index (κ1) is 13.4. The van der Waals surface area contributed by atoms with Gasteiger partial charge in [-0.3, -0.25) is 0 Å². The molecule has 0 saturated carbocycles. The number of ether oxygens (including phenoxy) is 1. The maximum Gasteiger partial charge on any atom is 0.122 e. The highest BCUT2D eigenvalue weighted by molar-refractivity contribution is 7.08. The zero-order valence-electron chi connectivity index (χ0n) is 10.4. The van der Waals surface area contributed by atoms with Gasteiger partial charge in [-0.2, -0.15) is 11.3 Å². The van der Waals surface area contributed by atoms with Gasteiger partial charge in [0.05, 0.1) is 7.11 Å². The van der Waals surface area contributed by atoms with Gasteiger partial charge in [0.2, 0.25) is 0 Å². The highest BCUT2D eigenvalue weighted by atomic mass is 35.5. The van der Waals surface area contributed by atoms with Crippen LogP contribution in [0, 0.1) is 6.92 Å². The van der Waals surface area contributed by atoms with Crippen molar-refractivity contribution in [2.24, 2.45) is 5.73 Å². The second kappa shape index (κ2) is 5.74. The molecule has 1 aromatic heterocycles. The van der Waals surface area contributed by atoms with E-state index >= 15 is 0 Å². The Morgan fingerprint density at radius 2 is 2.17 bits per heavy atom. The lowest BCUT2D eigenvalue weighted by Gasteiger charge is -2.14. The van der Waals surface area contributed by atoms with Crippen molar-refractivity contribution >= 4 is 22.9 Å². The van der Waals surface area contributed by atoms with Gasteiger partial charge in [-0.05, 0) is 59.0 Å². The Hall–Kier alpha value is -1.03. The highest BCUT2D eigenvalue weighted by Crippen LogP contribution is 2.29. The van der Waals surface area contributed by atoms with E-state index in [1.807, 2.05) is 18.2 Å². The predicted molar refractivity (Wildman–Crippen MR) is 77.7 cm³/mol.